The van der Waals surface area contributed by atoms with Gasteiger partial charge in [-0.15, -0.1) is 16.8 Å². The van der Waals surface area contributed by atoms with Crippen molar-refractivity contribution in [2.75, 3.05) is 0 Å². The molecule has 1 heterocycles. The predicted octanol–water partition coefficient (Wildman–Crippen LogP) is 4.63. The molecule has 31 heavy (non-hydrogen) atoms. The normalized spacial score (nSPS) is 11.7. The Bertz CT molecular complexity index is 1040. The Kier molecular flexibility index (Phi) is 8.08. The molecule has 3 aromatic rings. The van der Waals surface area contributed by atoms with Crippen molar-refractivity contribution in [2.45, 2.75) is 37.0 Å². The van der Waals surface area contributed by atoms with E-state index in [1.165, 1.54) is 17.8 Å². The van der Waals surface area contributed by atoms with Crippen LogP contribution in [0.5, 0.6) is 5.75 Å². The van der Waals surface area contributed by atoms with Gasteiger partial charge in [-0.25, -0.2) is 4.39 Å². The first kappa shape index (κ1) is 22.8. The fraction of sp³-hybridized carbons (Fsp3) is 0.227. The molecule has 1 unspecified atom stereocenters. The molecule has 2 aromatic carbocycles. The van der Waals surface area contributed by atoms with Crippen LogP contribution in [-0.2, 0) is 24.5 Å². The van der Waals surface area contributed by atoms with Crippen LogP contribution in [0.25, 0.3) is 0 Å². The number of hydrogen-bond donors (Lipinski definition) is 1. The summed E-state index contributed by atoms with van der Waals surface area (Å²) in [7, 11) is 0. The Labute approximate surface area is 189 Å². The smallest absolute Gasteiger partial charge is 0.233 e. The maximum atomic E-state index is 13.8. The average molecular weight is 461 g/mol. The van der Waals surface area contributed by atoms with Crippen molar-refractivity contribution in [2.24, 2.45) is 0 Å². The lowest BCUT2D eigenvalue weighted by atomic mass is 10.2. The summed E-state index contributed by atoms with van der Waals surface area (Å²) < 4.78 is 21.1. The van der Waals surface area contributed by atoms with Gasteiger partial charge in [0.15, 0.2) is 22.5 Å². The molecule has 0 bridgehead atoms. The van der Waals surface area contributed by atoms with Crippen molar-refractivity contribution in [1.29, 1.82) is 0 Å². The molecule has 0 aliphatic heterocycles. The van der Waals surface area contributed by atoms with Gasteiger partial charge in [-0.1, -0.05) is 53.7 Å². The number of hydrogen-bond acceptors (Lipinski definition) is 5. The topological polar surface area (TPSA) is 69.0 Å². The number of thioether (sulfide) groups is 1. The van der Waals surface area contributed by atoms with Crippen molar-refractivity contribution in [3.63, 3.8) is 0 Å². The molecule has 0 fully saturated rings. The van der Waals surface area contributed by atoms with Crippen molar-refractivity contribution >= 4 is 29.3 Å². The number of nitrogens with one attached hydrogen (secondary N) is 1. The van der Waals surface area contributed by atoms with Crippen molar-refractivity contribution < 1.29 is 13.9 Å². The molecular formula is C22H22ClFN4O2S. The molecule has 1 atom stereocenters. The number of halogens is 2. The molecule has 0 saturated carbocycles. The lowest BCUT2D eigenvalue weighted by Gasteiger charge is -2.13. The van der Waals surface area contributed by atoms with Crippen LogP contribution in [0.4, 0.5) is 4.39 Å². The monoisotopic (exact) mass is 460 g/mol. The molecule has 9 heteroatoms. The highest BCUT2D eigenvalue weighted by Gasteiger charge is 2.20. The number of para-hydroxylation sites is 1. The molecule has 1 aromatic heterocycles. The summed E-state index contributed by atoms with van der Waals surface area (Å²) >= 11 is 7.16. The maximum absolute atomic E-state index is 13.8. The fourth-order valence-corrected chi connectivity index (χ4v) is 3.70. The second-order valence-corrected chi connectivity index (χ2v) is 8.37. The van der Waals surface area contributed by atoms with E-state index in [1.54, 1.807) is 47.9 Å². The van der Waals surface area contributed by atoms with Gasteiger partial charge >= 0.3 is 0 Å². The third kappa shape index (κ3) is 6.32. The lowest BCUT2D eigenvalue weighted by Crippen LogP contribution is -2.30. The quantitative estimate of drug-likeness (QED) is 0.353. The van der Waals surface area contributed by atoms with Gasteiger partial charge < -0.3 is 10.1 Å². The van der Waals surface area contributed by atoms with Gasteiger partial charge in [-0.2, -0.15) is 0 Å². The summed E-state index contributed by atoms with van der Waals surface area (Å²) in [6.07, 6.45) is 1.70. The number of amides is 1. The minimum Gasteiger partial charge on any atom is -0.483 e. The van der Waals surface area contributed by atoms with Gasteiger partial charge in [0.05, 0.1) is 5.25 Å². The number of rotatable bonds is 10. The molecule has 0 saturated heterocycles. The second-order valence-electron chi connectivity index (χ2n) is 6.62. The van der Waals surface area contributed by atoms with Crippen molar-refractivity contribution in [1.82, 2.24) is 20.1 Å². The Morgan fingerprint density at radius 3 is 2.74 bits per heavy atom. The van der Waals surface area contributed by atoms with E-state index in [0.717, 1.165) is 5.56 Å². The molecule has 0 aliphatic rings. The van der Waals surface area contributed by atoms with Crippen LogP contribution in [0.1, 0.15) is 18.3 Å². The number of aromatic nitrogens is 3. The second kappa shape index (κ2) is 11.0. The minimum absolute atomic E-state index is 0.0411. The Morgan fingerprint density at radius 2 is 2.03 bits per heavy atom. The van der Waals surface area contributed by atoms with Gasteiger partial charge in [0, 0.05) is 18.1 Å². The van der Waals surface area contributed by atoms with E-state index in [0.29, 0.717) is 29.1 Å². The summed E-state index contributed by atoms with van der Waals surface area (Å²) in [6.45, 7) is 6.44. The first-order valence-corrected chi connectivity index (χ1v) is 10.8. The molecule has 0 spiro atoms. The van der Waals surface area contributed by atoms with E-state index in [2.05, 4.69) is 22.1 Å². The number of nitrogens with zero attached hydrogens (tertiary/aromatic N) is 3. The highest BCUT2D eigenvalue weighted by molar-refractivity contribution is 8.00. The van der Waals surface area contributed by atoms with E-state index in [1.807, 2.05) is 12.1 Å². The molecule has 0 radical (unpaired) electrons. The molecular weight excluding hydrogens is 439 g/mol. The third-order valence-corrected chi connectivity index (χ3v) is 5.66. The molecule has 1 N–H and O–H groups in total. The number of benzene rings is 2. The zero-order valence-electron chi connectivity index (χ0n) is 16.9. The van der Waals surface area contributed by atoms with E-state index in [4.69, 9.17) is 16.3 Å². The number of carbonyl (C=O) groups excluding carboxylic acids is 1. The van der Waals surface area contributed by atoms with E-state index < -0.39 is 11.1 Å². The highest BCUT2D eigenvalue weighted by atomic mass is 35.5. The lowest BCUT2D eigenvalue weighted by molar-refractivity contribution is -0.120. The van der Waals surface area contributed by atoms with Crippen LogP contribution in [-0.4, -0.2) is 25.9 Å². The summed E-state index contributed by atoms with van der Waals surface area (Å²) in [4.78, 5) is 12.5. The van der Waals surface area contributed by atoms with Gasteiger partial charge in [0.1, 0.15) is 6.61 Å². The average Bonchev–Trinajstić information content (AvgIpc) is 3.14. The van der Waals surface area contributed by atoms with Crippen LogP contribution in [0, 0.1) is 5.82 Å². The van der Waals surface area contributed by atoms with Gasteiger partial charge in [-0.05, 0) is 36.8 Å². The van der Waals surface area contributed by atoms with Gasteiger partial charge in [-0.3, -0.25) is 9.36 Å². The Hall–Kier alpha value is -2.84. The van der Waals surface area contributed by atoms with Gasteiger partial charge in [0.2, 0.25) is 5.91 Å². The largest absolute Gasteiger partial charge is 0.483 e. The first-order chi connectivity index (χ1) is 15.0. The minimum atomic E-state index is -0.446. The summed E-state index contributed by atoms with van der Waals surface area (Å²) in [5, 5.41) is 12.0. The zero-order valence-corrected chi connectivity index (χ0v) is 18.5. The zero-order chi connectivity index (χ0) is 22.2. The van der Waals surface area contributed by atoms with Crippen molar-refractivity contribution in [3.8, 4) is 5.75 Å². The van der Waals surface area contributed by atoms with E-state index in [9.17, 15) is 9.18 Å². The predicted molar refractivity (Wildman–Crippen MR) is 120 cm³/mol. The highest BCUT2D eigenvalue weighted by Crippen LogP contribution is 2.24. The standard InChI is InChI=1S/C22H22ClFN4O2S/c1-3-12-28-20(14-30-19-7-5-4-6-18(19)24)26-27-22(28)31-15(2)21(29)25-13-16-8-10-17(23)11-9-16/h3-11,15H,1,12-14H2,2H3,(H,25,29). The Morgan fingerprint density at radius 1 is 1.29 bits per heavy atom. The number of carbonyl (C=O) groups is 1. The molecule has 3 rings (SSSR count). The van der Waals surface area contributed by atoms with Crippen molar-refractivity contribution in [3.05, 3.63) is 83.4 Å². The van der Waals surface area contributed by atoms with Crippen LogP contribution in [0.2, 0.25) is 5.02 Å². The Balaban J connectivity index is 1.61. The third-order valence-electron chi connectivity index (χ3n) is 4.33. The van der Waals surface area contributed by atoms with Crippen LogP contribution < -0.4 is 10.1 Å². The SMILES string of the molecule is C=CCn1c(COc2ccccc2F)nnc1SC(C)C(=O)NCc1ccc(Cl)cc1. The molecule has 0 aliphatic carbocycles. The van der Waals surface area contributed by atoms with Crippen LogP contribution in [0.15, 0.2) is 66.3 Å². The molecule has 1 amide bonds. The van der Waals surface area contributed by atoms with Crippen LogP contribution in [0.3, 0.4) is 0 Å². The first-order valence-electron chi connectivity index (χ1n) is 9.57. The summed E-state index contributed by atoms with van der Waals surface area (Å²) in [6, 6.07) is 13.5. The van der Waals surface area contributed by atoms with E-state index in [-0.39, 0.29) is 18.3 Å². The van der Waals surface area contributed by atoms with Gasteiger partial charge in [0.25, 0.3) is 0 Å². The fourth-order valence-electron chi connectivity index (χ4n) is 2.68. The summed E-state index contributed by atoms with van der Waals surface area (Å²) in [5.41, 5.74) is 0.956. The number of allylic oxidation sites excluding steroid dienone is 1. The summed E-state index contributed by atoms with van der Waals surface area (Å²) in [5.74, 6) is 0.0781. The maximum Gasteiger partial charge on any atom is 0.233 e. The molecule has 162 valence electrons. The van der Waals surface area contributed by atoms with E-state index >= 15 is 0 Å². The number of ether oxygens (including phenoxy) is 1. The van der Waals surface area contributed by atoms with Crippen LogP contribution >= 0.6 is 23.4 Å². The molecule has 6 nitrogen and oxygen atoms in total.